The fourth-order valence-electron chi connectivity index (χ4n) is 1.67. The maximum Gasteiger partial charge on any atom is 0.252 e. The second kappa shape index (κ2) is 5.35. The van der Waals surface area contributed by atoms with Gasteiger partial charge in [0.2, 0.25) is 0 Å². The predicted molar refractivity (Wildman–Crippen MR) is 73.3 cm³/mol. The molecule has 0 spiro atoms. The number of aromatic amines is 1. The van der Waals surface area contributed by atoms with E-state index in [0.29, 0.717) is 5.56 Å². The second-order valence-corrected chi connectivity index (χ2v) is 5.06. The van der Waals surface area contributed by atoms with Crippen molar-refractivity contribution in [3.63, 3.8) is 0 Å². The minimum Gasteiger partial charge on any atom is -0.345 e. The van der Waals surface area contributed by atoms with Gasteiger partial charge in [0.15, 0.2) is 0 Å². The summed E-state index contributed by atoms with van der Waals surface area (Å²) in [7, 11) is 0. The summed E-state index contributed by atoms with van der Waals surface area (Å²) in [5.74, 6) is -0.0979. The number of carbonyl (C=O) groups excluding carboxylic acids is 1. The van der Waals surface area contributed by atoms with Crippen molar-refractivity contribution in [1.29, 1.82) is 0 Å². The van der Waals surface area contributed by atoms with E-state index in [9.17, 15) is 4.79 Å². The van der Waals surface area contributed by atoms with Crippen molar-refractivity contribution < 1.29 is 4.79 Å². The molecule has 2 rings (SSSR count). The van der Waals surface area contributed by atoms with E-state index >= 15 is 0 Å². The van der Waals surface area contributed by atoms with E-state index in [2.05, 4.69) is 31.4 Å². The van der Waals surface area contributed by atoms with E-state index < -0.39 is 0 Å². The summed E-state index contributed by atoms with van der Waals surface area (Å²) in [6.45, 7) is 3.88. The standard InChI is InChI=1S/C13H14BrN3O/c1-8-3-4-12(14)11(5-8)13(18)17-9(2)10-6-15-16-7-10/h3-7,9H,1-2H3,(H,15,16)(H,17,18). The molecule has 0 saturated heterocycles. The number of nitrogens with one attached hydrogen (secondary N) is 2. The number of amides is 1. The Labute approximate surface area is 114 Å². The Balaban J connectivity index is 2.15. The summed E-state index contributed by atoms with van der Waals surface area (Å²) < 4.78 is 0.796. The first kappa shape index (κ1) is 12.8. The second-order valence-electron chi connectivity index (χ2n) is 4.21. The number of aromatic nitrogens is 2. The molecule has 1 atom stereocenters. The third kappa shape index (κ3) is 2.79. The summed E-state index contributed by atoms with van der Waals surface area (Å²) in [5, 5.41) is 9.54. The monoisotopic (exact) mass is 307 g/mol. The lowest BCUT2D eigenvalue weighted by molar-refractivity contribution is 0.0939. The molecular weight excluding hydrogens is 294 g/mol. The van der Waals surface area contributed by atoms with Crippen LogP contribution in [0.25, 0.3) is 0 Å². The first-order chi connectivity index (χ1) is 8.58. The molecule has 2 N–H and O–H groups in total. The molecule has 0 fully saturated rings. The van der Waals surface area contributed by atoms with Gasteiger partial charge in [0.1, 0.15) is 0 Å². The quantitative estimate of drug-likeness (QED) is 0.916. The van der Waals surface area contributed by atoms with E-state index in [4.69, 9.17) is 0 Å². The molecule has 1 unspecified atom stereocenters. The van der Waals surface area contributed by atoms with Gasteiger partial charge in [-0.3, -0.25) is 9.89 Å². The average Bonchev–Trinajstić information content (AvgIpc) is 2.85. The molecule has 0 aliphatic heterocycles. The number of aryl methyl sites for hydroxylation is 1. The molecule has 18 heavy (non-hydrogen) atoms. The zero-order valence-corrected chi connectivity index (χ0v) is 11.8. The number of rotatable bonds is 3. The largest absolute Gasteiger partial charge is 0.345 e. The molecule has 0 aliphatic rings. The number of hydrogen-bond acceptors (Lipinski definition) is 2. The maximum atomic E-state index is 12.2. The van der Waals surface area contributed by atoms with Crippen molar-refractivity contribution in [2.75, 3.05) is 0 Å². The van der Waals surface area contributed by atoms with E-state index in [1.807, 2.05) is 32.0 Å². The summed E-state index contributed by atoms with van der Waals surface area (Å²) in [6.07, 6.45) is 3.48. The van der Waals surface area contributed by atoms with Crippen LogP contribution in [0.3, 0.4) is 0 Å². The Hall–Kier alpha value is -1.62. The lowest BCUT2D eigenvalue weighted by Crippen LogP contribution is -2.26. The third-order valence-corrected chi connectivity index (χ3v) is 3.42. The first-order valence-electron chi connectivity index (χ1n) is 5.63. The number of benzene rings is 1. The van der Waals surface area contributed by atoms with E-state index in [0.717, 1.165) is 15.6 Å². The zero-order chi connectivity index (χ0) is 13.1. The summed E-state index contributed by atoms with van der Waals surface area (Å²) in [5.41, 5.74) is 2.65. The first-order valence-corrected chi connectivity index (χ1v) is 6.43. The van der Waals surface area contributed by atoms with Crippen molar-refractivity contribution in [2.45, 2.75) is 19.9 Å². The maximum absolute atomic E-state index is 12.2. The highest BCUT2D eigenvalue weighted by Gasteiger charge is 2.14. The Morgan fingerprint density at radius 2 is 2.28 bits per heavy atom. The van der Waals surface area contributed by atoms with Crippen LogP contribution in [0.5, 0.6) is 0 Å². The van der Waals surface area contributed by atoms with Gasteiger partial charge in [-0.2, -0.15) is 5.10 Å². The van der Waals surface area contributed by atoms with Gasteiger partial charge in [0.25, 0.3) is 5.91 Å². The van der Waals surface area contributed by atoms with Crippen LogP contribution in [0.1, 0.15) is 34.5 Å². The summed E-state index contributed by atoms with van der Waals surface area (Å²) in [6, 6.07) is 5.62. The van der Waals surface area contributed by atoms with Crippen molar-refractivity contribution in [3.05, 3.63) is 51.8 Å². The molecule has 5 heteroatoms. The van der Waals surface area contributed by atoms with Crippen molar-refractivity contribution >= 4 is 21.8 Å². The molecule has 2 aromatic rings. The Morgan fingerprint density at radius 3 is 2.94 bits per heavy atom. The van der Waals surface area contributed by atoms with Crippen LogP contribution in [0.2, 0.25) is 0 Å². The predicted octanol–water partition coefficient (Wildman–Crippen LogP) is 2.97. The Morgan fingerprint density at radius 1 is 1.50 bits per heavy atom. The highest BCUT2D eigenvalue weighted by Crippen LogP contribution is 2.19. The van der Waals surface area contributed by atoms with Gasteiger partial charge in [-0.25, -0.2) is 0 Å². The molecule has 0 bridgehead atoms. The molecule has 1 amide bonds. The van der Waals surface area contributed by atoms with Gasteiger partial charge < -0.3 is 5.32 Å². The van der Waals surface area contributed by atoms with Crippen LogP contribution in [0.15, 0.2) is 35.1 Å². The SMILES string of the molecule is Cc1ccc(Br)c(C(=O)NC(C)c2cn[nH]c2)c1. The molecule has 1 aromatic heterocycles. The summed E-state index contributed by atoms with van der Waals surface area (Å²) in [4.78, 5) is 12.2. The molecule has 0 saturated carbocycles. The molecule has 1 aromatic carbocycles. The highest BCUT2D eigenvalue weighted by atomic mass is 79.9. The molecule has 0 radical (unpaired) electrons. The summed E-state index contributed by atoms with van der Waals surface area (Å²) >= 11 is 3.39. The minimum atomic E-state index is -0.0979. The fourth-order valence-corrected chi connectivity index (χ4v) is 2.10. The molecular formula is C13H14BrN3O. The lowest BCUT2D eigenvalue weighted by atomic mass is 10.1. The van der Waals surface area contributed by atoms with E-state index in [-0.39, 0.29) is 11.9 Å². The van der Waals surface area contributed by atoms with Gasteiger partial charge in [0.05, 0.1) is 17.8 Å². The fraction of sp³-hybridized carbons (Fsp3) is 0.231. The number of H-pyrrole nitrogens is 1. The van der Waals surface area contributed by atoms with Gasteiger partial charge in [-0.05, 0) is 41.9 Å². The normalized spacial score (nSPS) is 12.2. The molecule has 1 heterocycles. The zero-order valence-electron chi connectivity index (χ0n) is 10.2. The lowest BCUT2D eigenvalue weighted by Gasteiger charge is -2.13. The molecule has 0 aliphatic carbocycles. The number of carbonyl (C=O) groups is 1. The van der Waals surface area contributed by atoms with Crippen molar-refractivity contribution in [3.8, 4) is 0 Å². The third-order valence-electron chi connectivity index (χ3n) is 2.73. The van der Waals surface area contributed by atoms with Gasteiger partial charge in [-0.1, -0.05) is 11.6 Å². The van der Waals surface area contributed by atoms with Gasteiger partial charge in [0, 0.05) is 16.2 Å². The number of nitrogens with zero attached hydrogens (tertiary/aromatic N) is 1. The number of hydrogen-bond donors (Lipinski definition) is 2. The minimum absolute atomic E-state index is 0.0799. The van der Waals surface area contributed by atoms with Crippen LogP contribution in [-0.4, -0.2) is 16.1 Å². The topological polar surface area (TPSA) is 57.8 Å². The average molecular weight is 308 g/mol. The Bertz CT molecular complexity index is 551. The van der Waals surface area contributed by atoms with Crippen molar-refractivity contribution in [1.82, 2.24) is 15.5 Å². The smallest absolute Gasteiger partial charge is 0.252 e. The molecule has 94 valence electrons. The van der Waals surface area contributed by atoms with Gasteiger partial charge in [-0.15, -0.1) is 0 Å². The van der Waals surface area contributed by atoms with Crippen LogP contribution < -0.4 is 5.32 Å². The highest BCUT2D eigenvalue weighted by molar-refractivity contribution is 9.10. The van der Waals surface area contributed by atoms with Crippen LogP contribution in [-0.2, 0) is 0 Å². The number of halogens is 1. The van der Waals surface area contributed by atoms with Crippen LogP contribution in [0.4, 0.5) is 0 Å². The van der Waals surface area contributed by atoms with E-state index in [1.165, 1.54) is 0 Å². The Kier molecular flexibility index (Phi) is 3.81. The molecule has 4 nitrogen and oxygen atoms in total. The van der Waals surface area contributed by atoms with Crippen molar-refractivity contribution in [2.24, 2.45) is 0 Å². The van der Waals surface area contributed by atoms with E-state index in [1.54, 1.807) is 12.4 Å². The van der Waals surface area contributed by atoms with Gasteiger partial charge >= 0.3 is 0 Å². The van der Waals surface area contributed by atoms with Crippen LogP contribution >= 0.6 is 15.9 Å². The van der Waals surface area contributed by atoms with Crippen LogP contribution in [0, 0.1) is 6.92 Å².